The summed E-state index contributed by atoms with van der Waals surface area (Å²) in [5.74, 6) is 0.617. The second-order valence-corrected chi connectivity index (χ2v) is 7.99. The number of para-hydroxylation sites is 3. The topological polar surface area (TPSA) is 81.8 Å². The van der Waals surface area contributed by atoms with E-state index in [0.717, 1.165) is 46.6 Å². The number of rotatable bonds is 9. The van der Waals surface area contributed by atoms with Crippen LogP contribution in [-0.4, -0.2) is 39.9 Å². The van der Waals surface area contributed by atoms with Gasteiger partial charge in [0.1, 0.15) is 12.4 Å². The van der Waals surface area contributed by atoms with Crippen molar-refractivity contribution in [2.24, 2.45) is 5.16 Å². The maximum Gasteiger partial charge on any atom is 0.281 e. The van der Waals surface area contributed by atoms with Crippen LogP contribution in [0, 0.1) is 0 Å². The standard InChI is InChI=1S/C26H25N5O3/c1-33-16-6-15-30-23-10-5-3-8-21(23)28-24(30)17-31-22-9-4-2-7-20(22)25(26(31)32)29-34-18-19-11-13-27-14-12-19/h2-5,7-14H,6,15-18H2,1H3/b29-25+. The molecular weight excluding hydrogens is 430 g/mol. The number of hydrogen-bond donors (Lipinski definition) is 0. The van der Waals surface area contributed by atoms with Crippen molar-refractivity contribution in [3.63, 3.8) is 0 Å². The van der Waals surface area contributed by atoms with E-state index in [1.54, 1.807) is 24.4 Å². The number of benzene rings is 2. The van der Waals surface area contributed by atoms with Crippen molar-refractivity contribution in [3.05, 3.63) is 90.0 Å². The van der Waals surface area contributed by atoms with Gasteiger partial charge < -0.3 is 14.1 Å². The van der Waals surface area contributed by atoms with Crippen LogP contribution in [-0.2, 0) is 34.1 Å². The molecule has 2 aromatic heterocycles. The molecule has 0 saturated carbocycles. The Labute approximate surface area is 197 Å². The number of oxime groups is 1. The van der Waals surface area contributed by atoms with Crippen LogP contribution in [0.25, 0.3) is 11.0 Å². The van der Waals surface area contributed by atoms with Gasteiger partial charge in [-0.1, -0.05) is 35.5 Å². The molecule has 0 fully saturated rings. The number of pyridine rings is 1. The number of aryl methyl sites for hydroxylation is 1. The zero-order chi connectivity index (χ0) is 23.3. The number of carbonyl (C=O) groups is 1. The first kappa shape index (κ1) is 21.8. The number of aromatic nitrogens is 3. The Bertz CT molecular complexity index is 1330. The van der Waals surface area contributed by atoms with Crippen LogP contribution < -0.4 is 4.90 Å². The quantitative estimate of drug-likeness (QED) is 0.282. The molecule has 8 heteroatoms. The van der Waals surface area contributed by atoms with Crippen molar-refractivity contribution in [2.45, 2.75) is 26.1 Å². The summed E-state index contributed by atoms with van der Waals surface area (Å²) in [6, 6.07) is 19.4. The number of hydrogen-bond acceptors (Lipinski definition) is 6. The Morgan fingerprint density at radius 2 is 1.79 bits per heavy atom. The largest absolute Gasteiger partial charge is 0.390 e. The third kappa shape index (κ3) is 4.27. The average Bonchev–Trinajstić information content (AvgIpc) is 3.35. The molecule has 4 aromatic rings. The summed E-state index contributed by atoms with van der Waals surface area (Å²) in [6.45, 7) is 2.00. The van der Waals surface area contributed by atoms with Gasteiger partial charge in [-0.3, -0.25) is 14.7 Å². The first-order chi connectivity index (χ1) is 16.8. The molecule has 34 heavy (non-hydrogen) atoms. The van der Waals surface area contributed by atoms with E-state index in [1.807, 2.05) is 54.6 Å². The second-order valence-electron chi connectivity index (χ2n) is 7.99. The van der Waals surface area contributed by atoms with Gasteiger partial charge in [0, 0.05) is 38.2 Å². The predicted molar refractivity (Wildman–Crippen MR) is 129 cm³/mol. The Hall–Kier alpha value is -4.04. The number of imidazole rings is 1. The zero-order valence-electron chi connectivity index (χ0n) is 18.9. The molecule has 0 atom stereocenters. The molecule has 1 aliphatic heterocycles. The molecule has 172 valence electrons. The van der Waals surface area contributed by atoms with E-state index in [1.165, 1.54) is 0 Å². The monoisotopic (exact) mass is 455 g/mol. The van der Waals surface area contributed by atoms with Crippen molar-refractivity contribution >= 4 is 28.3 Å². The molecular formula is C26H25N5O3. The summed E-state index contributed by atoms with van der Waals surface area (Å²) in [7, 11) is 1.70. The fourth-order valence-corrected chi connectivity index (χ4v) is 4.16. The zero-order valence-corrected chi connectivity index (χ0v) is 18.9. The van der Waals surface area contributed by atoms with E-state index < -0.39 is 0 Å². The van der Waals surface area contributed by atoms with E-state index in [2.05, 4.69) is 20.8 Å². The van der Waals surface area contributed by atoms with Crippen molar-refractivity contribution < 1.29 is 14.4 Å². The van der Waals surface area contributed by atoms with Crippen LogP contribution in [0.2, 0.25) is 0 Å². The van der Waals surface area contributed by atoms with Crippen LogP contribution in [0.3, 0.4) is 0 Å². The number of fused-ring (bicyclic) bond motifs is 2. The van der Waals surface area contributed by atoms with Crippen molar-refractivity contribution in [3.8, 4) is 0 Å². The lowest BCUT2D eigenvalue weighted by molar-refractivity contribution is -0.112. The Kier molecular flexibility index (Phi) is 6.31. The number of ether oxygens (including phenoxy) is 1. The Morgan fingerprint density at radius 3 is 2.65 bits per heavy atom. The minimum absolute atomic E-state index is 0.202. The second kappa shape index (κ2) is 9.84. The highest BCUT2D eigenvalue weighted by molar-refractivity contribution is 6.54. The van der Waals surface area contributed by atoms with Crippen LogP contribution >= 0.6 is 0 Å². The summed E-state index contributed by atoms with van der Waals surface area (Å²) in [5, 5.41) is 4.22. The highest BCUT2D eigenvalue weighted by Crippen LogP contribution is 2.31. The minimum Gasteiger partial charge on any atom is -0.390 e. The number of methoxy groups -OCH3 is 1. The van der Waals surface area contributed by atoms with Crippen LogP contribution in [0.5, 0.6) is 0 Å². The highest BCUT2D eigenvalue weighted by atomic mass is 16.6. The predicted octanol–water partition coefficient (Wildman–Crippen LogP) is 3.94. The fourth-order valence-electron chi connectivity index (χ4n) is 4.16. The lowest BCUT2D eigenvalue weighted by Crippen LogP contribution is -2.31. The van der Waals surface area contributed by atoms with Crippen LogP contribution in [0.1, 0.15) is 23.4 Å². The summed E-state index contributed by atoms with van der Waals surface area (Å²) in [5.41, 5.74) is 4.73. The Morgan fingerprint density at radius 1 is 1.00 bits per heavy atom. The molecule has 2 aromatic carbocycles. The van der Waals surface area contributed by atoms with Crippen LogP contribution in [0.15, 0.2) is 78.2 Å². The van der Waals surface area contributed by atoms with Gasteiger partial charge in [-0.05, 0) is 42.3 Å². The van der Waals surface area contributed by atoms with Gasteiger partial charge >= 0.3 is 0 Å². The first-order valence-corrected chi connectivity index (χ1v) is 11.2. The van der Waals surface area contributed by atoms with Crippen LogP contribution in [0.4, 0.5) is 5.69 Å². The Balaban J connectivity index is 1.43. The third-order valence-electron chi connectivity index (χ3n) is 5.80. The van der Waals surface area contributed by atoms with Crippen molar-refractivity contribution in [2.75, 3.05) is 18.6 Å². The molecule has 8 nitrogen and oxygen atoms in total. The smallest absolute Gasteiger partial charge is 0.281 e. The molecule has 0 radical (unpaired) electrons. The van der Waals surface area contributed by atoms with E-state index in [9.17, 15) is 4.79 Å². The molecule has 1 amide bonds. The van der Waals surface area contributed by atoms with E-state index in [4.69, 9.17) is 14.6 Å². The highest BCUT2D eigenvalue weighted by Gasteiger charge is 2.35. The first-order valence-electron chi connectivity index (χ1n) is 11.2. The molecule has 1 aliphatic rings. The molecule has 0 N–H and O–H groups in total. The normalized spacial score (nSPS) is 14.2. The van der Waals surface area contributed by atoms with Gasteiger partial charge in [-0.25, -0.2) is 4.98 Å². The molecule has 0 bridgehead atoms. The maximum atomic E-state index is 13.4. The molecule has 0 aliphatic carbocycles. The summed E-state index contributed by atoms with van der Waals surface area (Å²) in [4.78, 5) is 29.6. The number of nitrogens with zero attached hydrogens (tertiary/aromatic N) is 5. The average molecular weight is 456 g/mol. The number of anilines is 1. The van der Waals surface area contributed by atoms with Gasteiger partial charge in [0.2, 0.25) is 0 Å². The number of amides is 1. The minimum atomic E-state index is -0.202. The fraction of sp³-hybridized carbons (Fsp3) is 0.231. The van der Waals surface area contributed by atoms with E-state index >= 15 is 0 Å². The lowest BCUT2D eigenvalue weighted by Gasteiger charge is -2.17. The maximum absolute atomic E-state index is 13.4. The molecule has 3 heterocycles. The number of carbonyl (C=O) groups excluding carboxylic acids is 1. The molecule has 0 spiro atoms. The summed E-state index contributed by atoms with van der Waals surface area (Å²) >= 11 is 0. The van der Waals surface area contributed by atoms with Gasteiger partial charge in [0.15, 0.2) is 5.71 Å². The lowest BCUT2D eigenvalue weighted by atomic mass is 10.1. The van der Waals surface area contributed by atoms with Gasteiger partial charge in [0.05, 0.1) is 23.3 Å². The van der Waals surface area contributed by atoms with Gasteiger partial charge in [0.25, 0.3) is 5.91 Å². The van der Waals surface area contributed by atoms with Crippen molar-refractivity contribution in [1.82, 2.24) is 14.5 Å². The van der Waals surface area contributed by atoms with Crippen molar-refractivity contribution in [1.29, 1.82) is 0 Å². The van der Waals surface area contributed by atoms with E-state index in [-0.39, 0.29) is 12.5 Å². The summed E-state index contributed by atoms with van der Waals surface area (Å²) in [6.07, 6.45) is 4.24. The van der Waals surface area contributed by atoms with Gasteiger partial charge in [-0.15, -0.1) is 0 Å². The van der Waals surface area contributed by atoms with Gasteiger partial charge in [-0.2, -0.15) is 0 Å². The third-order valence-corrected chi connectivity index (χ3v) is 5.80. The molecule has 0 saturated heterocycles. The SMILES string of the molecule is COCCCn1c(CN2C(=O)/C(=N/OCc3ccncc3)c3ccccc32)nc2ccccc21. The summed E-state index contributed by atoms with van der Waals surface area (Å²) < 4.78 is 7.41. The van der Waals surface area contributed by atoms with E-state index in [0.29, 0.717) is 18.9 Å². The molecule has 0 unspecified atom stereocenters. The molecule has 5 rings (SSSR count).